The Hall–Kier alpha value is -1.82. The monoisotopic (exact) mass is 231 g/mol. The zero-order chi connectivity index (χ0) is 12.7. The number of carbonyl (C=O) groups excluding carboxylic acids is 1. The minimum Gasteiger partial charge on any atom is -0.466 e. The fraction of sp³-hybridized carbons (Fsp3) is 0.429. The first-order chi connectivity index (χ1) is 8.12. The normalized spacial score (nSPS) is 13.5. The average Bonchev–Trinajstić information content (AvgIpc) is 2.31. The highest BCUT2D eigenvalue weighted by Crippen LogP contribution is 2.28. The van der Waals surface area contributed by atoms with Gasteiger partial charge in [-0.25, -0.2) is 0 Å². The summed E-state index contributed by atoms with van der Waals surface area (Å²) >= 11 is 0. The standard InChI is InChI=1S/C14H17NO2/c1-3-17-13(16)14(2,9-10-15)11-12-7-5-4-6-8-12/h4-8H,3,9,11H2,1-2H3/t14-/m1/s1. The molecule has 1 atom stereocenters. The summed E-state index contributed by atoms with van der Waals surface area (Å²) in [6.07, 6.45) is 0.695. The second kappa shape index (κ2) is 6.05. The van der Waals surface area contributed by atoms with Crippen LogP contribution in [-0.4, -0.2) is 12.6 Å². The van der Waals surface area contributed by atoms with Crippen molar-refractivity contribution in [3.8, 4) is 6.07 Å². The molecule has 3 heteroatoms. The molecule has 0 unspecified atom stereocenters. The van der Waals surface area contributed by atoms with Gasteiger partial charge in [-0.2, -0.15) is 5.26 Å². The van der Waals surface area contributed by atoms with Gasteiger partial charge in [0.1, 0.15) is 0 Å². The summed E-state index contributed by atoms with van der Waals surface area (Å²) in [5, 5.41) is 8.84. The predicted octanol–water partition coefficient (Wildman–Crippen LogP) is 2.71. The van der Waals surface area contributed by atoms with E-state index in [-0.39, 0.29) is 12.4 Å². The molecule has 1 aromatic carbocycles. The van der Waals surface area contributed by atoms with Crippen LogP contribution in [-0.2, 0) is 16.0 Å². The Kier molecular flexibility index (Phi) is 4.71. The van der Waals surface area contributed by atoms with Crippen LogP contribution in [0.5, 0.6) is 0 Å². The van der Waals surface area contributed by atoms with E-state index in [0.717, 1.165) is 5.56 Å². The van der Waals surface area contributed by atoms with Gasteiger partial charge in [-0.1, -0.05) is 30.3 Å². The molecular formula is C14H17NO2. The second-order valence-corrected chi connectivity index (χ2v) is 4.28. The van der Waals surface area contributed by atoms with E-state index in [1.807, 2.05) is 30.3 Å². The molecule has 0 fully saturated rings. The molecule has 1 aromatic rings. The number of esters is 1. The Morgan fingerprint density at radius 3 is 2.59 bits per heavy atom. The van der Waals surface area contributed by atoms with E-state index in [1.165, 1.54) is 0 Å². The summed E-state index contributed by atoms with van der Waals surface area (Å²) in [5.41, 5.74) is 0.282. The third-order valence-electron chi connectivity index (χ3n) is 2.67. The van der Waals surface area contributed by atoms with Crippen molar-refractivity contribution < 1.29 is 9.53 Å². The van der Waals surface area contributed by atoms with Crippen LogP contribution in [0.3, 0.4) is 0 Å². The maximum absolute atomic E-state index is 11.9. The summed E-state index contributed by atoms with van der Waals surface area (Å²) in [4.78, 5) is 11.9. The first kappa shape index (κ1) is 13.2. The maximum Gasteiger partial charge on any atom is 0.313 e. The van der Waals surface area contributed by atoms with Crippen molar-refractivity contribution in [2.75, 3.05) is 6.61 Å². The molecule has 0 saturated carbocycles. The van der Waals surface area contributed by atoms with E-state index in [2.05, 4.69) is 6.07 Å². The van der Waals surface area contributed by atoms with Crippen molar-refractivity contribution >= 4 is 5.97 Å². The number of nitriles is 1. The molecule has 3 nitrogen and oxygen atoms in total. The van der Waals surface area contributed by atoms with Gasteiger partial charge in [-0.3, -0.25) is 4.79 Å². The van der Waals surface area contributed by atoms with Gasteiger partial charge in [0.2, 0.25) is 0 Å². The molecular weight excluding hydrogens is 214 g/mol. The van der Waals surface area contributed by atoms with E-state index in [4.69, 9.17) is 10.00 Å². The van der Waals surface area contributed by atoms with Crippen LogP contribution < -0.4 is 0 Å². The lowest BCUT2D eigenvalue weighted by atomic mass is 9.81. The zero-order valence-corrected chi connectivity index (χ0v) is 10.3. The molecule has 0 aliphatic rings. The summed E-state index contributed by atoms with van der Waals surface area (Å²) in [7, 11) is 0. The second-order valence-electron chi connectivity index (χ2n) is 4.28. The Morgan fingerprint density at radius 2 is 2.06 bits per heavy atom. The Balaban J connectivity index is 2.86. The molecule has 0 aromatic heterocycles. The van der Waals surface area contributed by atoms with Crippen molar-refractivity contribution in [2.45, 2.75) is 26.7 Å². The van der Waals surface area contributed by atoms with Gasteiger partial charge in [0, 0.05) is 0 Å². The van der Waals surface area contributed by atoms with Crippen LogP contribution in [0.4, 0.5) is 0 Å². The molecule has 90 valence electrons. The average molecular weight is 231 g/mol. The van der Waals surface area contributed by atoms with Gasteiger partial charge in [-0.15, -0.1) is 0 Å². The van der Waals surface area contributed by atoms with Crippen molar-refractivity contribution in [2.24, 2.45) is 5.41 Å². The molecule has 0 aliphatic heterocycles. The van der Waals surface area contributed by atoms with E-state index < -0.39 is 5.41 Å². The Morgan fingerprint density at radius 1 is 1.41 bits per heavy atom. The van der Waals surface area contributed by atoms with Gasteiger partial charge in [-0.05, 0) is 25.8 Å². The maximum atomic E-state index is 11.9. The molecule has 0 N–H and O–H groups in total. The van der Waals surface area contributed by atoms with Crippen LogP contribution in [0, 0.1) is 16.7 Å². The topological polar surface area (TPSA) is 50.1 Å². The molecule has 0 aliphatic carbocycles. The van der Waals surface area contributed by atoms with Gasteiger partial charge in [0.25, 0.3) is 0 Å². The van der Waals surface area contributed by atoms with E-state index in [1.54, 1.807) is 13.8 Å². The number of benzene rings is 1. The quantitative estimate of drug-likeness (QED) is 0.732. The number of hydrogen-bond acceptors (Lipinski definition) is 3. The van der Waals surface area contributed by atoms with Crippen LogP contribution in [0.1, 0.15) is 25.8 Å². The third-order valence-corrected chi connectivity index (χ3v) is 2.67. The lowest BCUT2D eigenvalue weighted by Gasteiger charge is -2.24. The first-order valence-electron chi connectivity index (χ1n) is 5.70. The van der Waals surface area contributed by atoms with Crippen molar-refractivity contribution in [1.29, 1.82) is 5.26 Å². The smallest absolute Gasteiger partial charge is 0.313 e. The lowest BCUT2D eigenvalue weighted by Crippen LogP contribution is -2.32. The van der Waals surface area contributed by atoms with Crippen molar-refractivity contribution in [3.05, 3.63) is 35.9 Å². The zero-order valence-electron chi connectivity index (χ0n) is 10.3. The van der Waals surface area contributed by atoms with Gasteiger partial charge in [0.05, 0.1) is 24.5 Å². The molecule has 17 heavy (non-hydrogen) atoms. The molecule has 0 heterocycles. The molecule has 0 saturated heterocycles. The molecule has 1 rings (SSSR count). The Bertz CT molecular complexity index is 408. The largest absolute Gasteiger partial charge is 0.466 e. The summed E-state index contributed by atoms with van der Waals surface area (Å²) in [5.74, 6) is -0.301. The SMILES string of the molecule is CCOC(=O)[C@](C)(CC#N)Cc1ccccc1. The Labute approximate surface area is 102 Å². The highest BCUT2D eigenvalue weighted by Gasteiger charge is 2.34. The summed E-state index contributed by atoms with van der Waals surface area (Å²) in [6.45, 7) is 3.89. The van der Waals surface area contributed by atoms with Crippen molar-refractivity contribution in [3.63, 3.8) is 0 Å². The molecule has 0 radical (unpaired) electrons. The highest BCUT2D eigenvalue weighted by atomic mass is 16.5. The highest BCUT2D eigenvalue weighted by molar-refractivity contribution is 5.77. The number of carbonyl (C=O) groups is 1. The van der Waals surface area contributed by atoms with Gasteiger partial charge >= 0.3 is 5.97 Å². The predicted molar refractivity (Wildman–Crippen MR) is 65.1 cm³/mol. The fourth-order valence-electron chi connectivity index (χ4n) is 1.73. The molecule has 0 bridgehead atoms. The summed E-state index contributed by atoms with van der Waals surface area (Å²) in [6, 6.07) is 11.7. The number of ether oxygens (including phenoxy) is 1. The summed E-state index contributed by atoms with van der Waals surface area (Å²) < 4.78 is 5.04. The van der Waals surface area contributed by atoms with Crippen LogP contribution >= 0.6 is 0 Å². The van der Waals surface area contributed by atoms with E-state index in [0.29, 0.717) is 13.0 Å². The van der Waals surface area contributed by atoms with Crippen molar-refractivity contribution in [1.82, 2.24) is 0 Å². The minimum atomic E-state index is -0.758. The number of rotatable bonds is 5. The third kappa shape index (κ3) is 3.60. The molecule has 0 amide bonds. The minimum absolute atomic E-state index is 0.167. The first-order valence-corrected chi connectivity index (χ1v) is 5.70. The van der Waals surface area contributed by atoms with Gasteiger partial charge < -0.3 is 4.74 Å². The van der Waals surface area contributed by atoms with Crippen LogP contribution in [0.15, 0.2) is 30.3 Å². The lowest BCUT2D eigenvalue weighted by molar-refractivity contribution is -0.154. The van der Waals surface area contributed by atoms with Gasteiger partial charge in [0.15, 0.2) is 0 Å². The number of hydrogen-bond donors (Lipinski definition) is 0. The van der Waals surface area contributed by atoms with E-state index in [9.17, 15) is 4.79 Å². The fourth-order valence-corrected chi connectivity index (χ4v) is 1.73. The van der Waals surface area contributed by atoms with Crippen LogP contribution in [0.2, 0.25) is 0 Å². The van der Waals surface area contributed by atoms with Crippen LogP contribution in [0.25, 0.3) is 0 Å². The number of nitrogens with zero attached hydrogens (tertiary/aromatic N) is 1. The molecule has 0 spiro atoms. The van der Waals surface area contributed by atoms with E-state index >= 15 is 0 Å².